The van der Waals surface area contributed by atoms with Crippen molar-refractivity contribution in [3.63, 3.8) is 0 Å². The van der Waals surface area contributed by atoms with E-state index in [0.717, 1.165) is 0 Å². The molecule has 0 aromatic rings. The smallest absolute Gasteiger partial charge is 4.00 e. The van der Waals surface area contributed by atoms with Crippen LogP contribution in [0.1, 0.15) is 0 Å². The van der Waals surface area contributed by atoms with Crippen LogP contribution in [0.25, 0.3) is 0 Å². The van der Waals surface area contributed by atoms with Crippen LogP contribution in [-0.4, -0.2) is 56.6 Å². The molecule has 0 saturated carbocycles. The van der Waals surface area contributed by atoms with Crippen LogP contribution < -0.4 is 58.7 Å². The Bertz CT molecular complexity index is 305. The van der Waals surface area contributed by atoms with E-state index in [2.05, 4.69) is 0 Å². The molecule has 0 radical (unpaired) electrons. The summed E-state index contributed by atoms with van der Waals surface area (Å²) in [6.07, 6.45) is 0. The molecule has 0 bridgehead atoms. The molecule has 0 aliphatic rings. The summed E-state index contributed by atoms with van der Waals surface area (Å²) < 4.78 is 34.2. The normalized spacial score (nSPS) is 9.08. The van der Waals surface area contributed by atoms with E-state index in [1.165, 1.54) is 0 Å². The fourth-order valence-corrected chi connectivity index (χ4v) is 0. The predicted molar refractivity (Wildman–Crippen MR) is 51.9 cm³/mol. The van der Waals surface area contributed by atoms with Gasteiger partial charge in [-0.15, -0.1) is 0 Å². The molecule has 0 saturated heterocycles. The molecule has 0 heterocycles. The summed E-state index contributed by atoms with van der Waals surface area (Å²) in [5.41, 5.74) is 0. The van der Waals surface area contributed by atoms with E-state index >= 15 is 0 Å². The van der Waals surface area contributed by atoms with E-state index in [1.54, 1.807) is 0 Å². The fraction of sp³-hybridized carbons (Fsp3) is 0. The van der Waals surface area contributed by atoms with Gasteiger partial charge in [-0.25, -0.2) is 0 Å². The zero-order chi connectivity index (χ0) is 18.0. The van der Waals surface area contributed by atoms with Crippen LogP contribution in [0.4, 0.5) is 0 Å². The van der Waals surface area contributed by atoms with Crippen LogP contribution in [-0.2, 0) is 96.9 Å². The Kier molecular flexibility index (Phi) is 72.7. The van der Waals surface area contributed by atoms with Gasteiger partial charge in [0.2, 0.25) is 0 Å². The van der Waals surface area contributed by atoms with Gasteiger partial charge in [0, 0.05) is 0 Å². The Morgan fingerprint density at radius 3 is 0.308 bits per heavy atom. The molecule has 0 rings (SSSR count). The first-order valence-corrected chi connectivity index (χ1v) is 8.76. The van der Waals surface area contributed by atoms with Crippen molar-refractivity contribution < 1.29 is 156 Å². The van der Waals surface area contributed by atoms with Crippen molar-refractivity contribution in [2.24, 2.45) is 0 Å². The largest absolute Gasteiger partial charge is 4.00 e. The second kappa shape index (κ2) is 29.9. The average Bonchev–Trinajstić information content (AvgIpc) is 1.62. The van der Waals surface area contributed by atoms with Gasteiger partial charge >= 0.3 is 135 Å². The quantitative estimate of drug-likeness (QED) is 0.170. The van der Waals surface area contributed by atoms with Gasteiger partial charge in [-0.1, -0.05) is 0 Å². The van der Waals surface area contributed by atoms with E-state index in [-0.39, 0.29) is 135 Å². The van der Waals surface area contributed by atoms with Crippen LogP contribution in [0, 0.1) is 0 Å². The van der Waals surface area contributed by atoms with Crippen molar-refractivity contribution in [2.75, 3.05) is 0 Å². The molecule has 16 nitrogen and oxygen atoms in total. The van der Waals surface area contributed by atoms with Gasteiger partial charge in [-0.05, 0) is 0 Å². The fourth-order valence-electron chi connectivity index (χ4n) is 0. The molecule has 0 N–H and O–H groups in total. The van der Waals surface area contributed by atoms with E-state index in [1.807, 2.05) is 0 Å². The van der Waals surface area contributed by atoms with Gasteiger partial charge in [-0.2, -0.15) is 31.3 Å². The topological polar surface area (TPSA) is 345 Å². The van der Waals surface area contributed by atoms with Crippen molar-refractivity contribution in [3.8, 4) is 0 Å². The summed E-state index contributed by atoms with van der Waals surface area (Å²) in [5.74, 6) is 0. The summed E-state index contributed by atoms with van der Waals surface area (Å²) in [4.78, 5) is 103. The minimum atomic E-state index is -5.39. The van der Waals surface area contributed by atoms with Gasteiger partial charge in [0.15, 0.2) is 0 Å². The zero-order valence-corrected chi connectivity index (χ0v) is 20.8. The molecule has 0 aromatic carbocycles. The van der Waals surface area contributed by atoms with E-state index in [0.29, 0.717) is 0 Å². The van der Waals surface area contributed by atoms with Crippen molar-refractivity contribution >= 4 is 87.9 Å². The summed E-state index contributed by atoms with van der Waals surface area (Å²) in [5, 5.41) is 0. The van der Waals surface area contributed by atoms with Crippen LogP contribution in [0.5, 0.6) is 0 Å². The van der Waals surface area contributed by atoms with E-state index < -0.39 is 31.3 Å². The average molecular weight is 677 g/mol. The zero-order valence-electron chi connectivity index (χ0n) is 9.82. The molecule has 0 fully saturated rings. The number of rotatable bonds is 0. The first-order chi connectivity index (χ1) is 8.00. The minimum Gasteiger partial charge on any atom is 4.00 e. The van der Waals surface area contributed by atoms with Crippen molar-refractivity contribution in [1.82, 2.24) is 0 Å². The first-order valence-electron chi connectivity index (χ1n) is 2.92. The molecule has 0 aliphatic heterocycles. The van der Waals surface area contributed by atoms with Crippen molar-refractivity contribution in [1.29, 1.82) is 0 Å². The maximum Gasteiger partial charge on any atom is 4.00 e. The first kappa shape index (κ1) is 63.2. The summed E-state index contributed by atoms with van der Waals surface area (Å²) in [6.45, 7) is 0. The number of phosphoric acid groups is 4. The van der Waals surface area contributed by atoms with Gasteiger partial charge in [0.1, 0.15) is 0 Å². The van der Waals surface area contributed by atoms with Crippen LogP contribution >= 0.6 is 31.3 Å². The number of hydrogen-bond donors (Lipinski definition) is 0. The summed E-state index contributed by atoms with van der Waals surface area (Å²) >= 11 is 0. The molecule has 134 valence electrons. The van der Waals surface area contributed by atoms with E-state index in [9.17, 15) is 0 Å². The summed E-state index contributed by atoms with van der Waals surface area (Å²) in [6, 6.07) is 0. The monoisotopic (exact) mass is 674 g/mol. The van der Waals surface area contributed by atoms with E-state index in [4.69, 9.17) is 77.0 Å². The Morgan fingerprint density at radius 2 is 0.308 bits per heavy atom. The minimum absolute atomic E-state index is 0. The van der Waals surface area contributed by atoms with Gasteiger partial charge < -0.3 is 77.0 Å². The molecule has 0 aliphatic carbocycles. The molecule has 0 atom stereocenters. The van der Waals surface area contributed by atoms with Gasteiger partial charge in [-0.3, -0.25) is 0 Å². The third-order valence-electron chi connectivity index (χ3n) is 0. The molecule has 26 heteroatoms. The molecule has 0 unspecified atom stereocenters. The molecule has 26 heavy (non-hydrogen) atoms. The van der Waals surface area contributed by atoms with Crippen LogP contribution in [0.3, 0.4) is 0 Å². The van der Waals surface area contributed by atoms with Crippen LogP contribution in [0.15, 0.2) is 0 Å². The predicted octanol–water partition coefficient (Wildman–Crippen LogP) is -13.3. The standard InChI is InChI=1S/3Li.4H3O4P.3Zr.3H/c;;;4*1-5(2,3)4;;;;;;/h;;;4*(H3,1,2,3,4);;;;;;/q;;;;;;;3*+4;;;/p-12. The molecular formula is H3Li3O16P4Zr3. The molecule has 0 aromatic heterocycles. The second-order valence-electron chi connectivity index (χ2n) is 1.79. The SMILES string of the molecule is O=P([O-])([O-])[O-].O=P([O-])([O-])[O-].O=P([O-])([O-])[O-].O=P([O-])([O-])[O-].[LiH].[LiH].[LiH].[Zr+4].[Zr+4].[Zr+4]. The van der Waals surface area contributed by atoms with Gasteiger partial charge in [0.05, 0.1) is 0 Å². The Labute approximate surface area is 240 Å². The van der Waals surface area contributed by atoms with Crippen molar-refractivity contribution in [3.05, 3.63) is 0 Å². The molecular weight excluding hydrogens is 674 g/mol. The number of hydrogen-bond acceptors (Lipinski definition) is 16. The Morgan fingerprint density at radius 1 is 0.308 bits per heavy atom. The third-order valence-corrected chi connectivity index (χ3v) is 0. The summed E-state index contributed by atoms with van der Waals surface area (Å²) in [7, 11) is -21.6. The van der Waals surface area contributed by atoms with Crippen LogP contribution in [0.2, 0.25) is 0 Å². The molecule has 0 amide bonds. The molecule has 0 spiro atoms. The Balaban J connectivity index is -0.0000000152. The second-order valence-corrected chi connectivity index (χ2v) is 5.37. The maximum absolute atomic E-state index is 8.55. The maximum atomic E-state index is 8.55. The van der Waals surface area contributed by atoms with Gasteiger partial charge in [0.25, 0.3) is 0 Å². The Hall–Kier alpha value is 4.88. The van der Waals surface area contributed by atoms with Crippen molar-refractivity contribution in [2.45, 2.75) is 0 Å². The third kappa shape index (κ3) is 942.